The van der Waals surface area contributed by atoms with Crippen molar-refractivity contribution in [2.24, 2.45) is 10.7 Å². The molecule has 0 aromatic heterocycles. The Balaban J connectivity index is 2.33. The molecule has 1 fully saturated rings. The number of amidine groups is 1. The van der Waals surface area contributed by atoms with Crippen molar-refractivity contribution in [2.45, 2.75) is 24.3 Å². The van der Waals surface area contributed by atoms with E-state index in [2.05, 4.69) is 16.9 Å². The topological polar surface area (TPSA) is 67.5 Å². The van der Waals surface area contributed by atoms with E-state index in [-0.39, 0.29) is 11.7 Å². The molecule has 1 heterocycles. The average molecular weight is 377 g/mol. The maximum Gasteiger partial charge on any atom is 0.246 e. The van der Waals surface area contributed by atoms with Crippen molar-refractivity contribution in [2.75, 3.05) is 6.67 Å². The van der Waals surface area contributed by atoms with E-state index >= 15 is 0 Å². The fraction of sp³-hybridized carbons (Fsp3) is 0.263. The summed E-state index contributed by atoms with van der Waals surface area (Å²) in [6.45, 7) is 6.39. The van der Waals surface area contributed by atoms with E-state index in [1.807, 2.05) is 0 Å². The standard InChI is InChI=1S/C19H21F2N3OS/c1-4-6-13(7-5-12-20)18(2)16(25)23-17(26-18)24-19(3,22)14-8-10-15(21)11-9-14/h4-11H,1,12,22H2,2-3H3,(H,23,24,25)/b7-5-,13-6+/t18?,19-/m0/s1. The Morgan fingerprint density at radius 2 is 2.12 bits per heavy atom. The van der Waals surface area contributed by atoms with Crippen molar-refractivity contribution in [3.63, 3.8) is 0 Å². The highest BCUT2D eigenvalue weighted by atomic mass is 32.2. The van der Waals surface area contributed by atoms with E-state index in [0.29, 0.717) is 16.3 Å². The predicted octanol–water partition coefficient (Wildman–Crippen LogP) is 3.57. The van der Waals surface area contributed by atoms with Crippen molar-refractivity contribution in [1.82, 2.24) is 5.32 Å². The molecule has 1 amide bonds. The number of halogens is 2. The summed E-state index contributed by atoms with van der Waals surface area (Å²) >= 11 is 1.19. The largest absolute Gasteiger partial charge is 0.304 e. The molecule has 1 aromatic rings. The second-order valence-corrected chi connectivity index (χ2v) is 7.48. The first kappa shape index (κ1) is 20.1. The van der Waals surface area contributed by atoms with Crippen molar-refractivity contribution >= 4 is 22.8 Å². The highest BCUT2D eigenvalue weighted by molar-refractivity contribution is 8.16. The summed E-state index contributed by atoms with van der Waals surface area (Å²) in [6, 6.07) is 5.70. The monoisotopic (exact) mass is 377 g/mol. The molecule has 4 nitrogen and oxygen atoms in total. The molecule has 0 aliphatic carbocycles. The van der Waals surface area contributed by atoms with E-state index in [9.17, 15) is 13.6 Å². The Bertz CT molecular complexity index is 784. The second-order valence-electron chi connectivity index (χ2n) is 6.08. The van der Waals surface area contributed by atoms with Gasteiger partial charge < -0.3 is 11.1 Å². The predicted molar refractivity (Wildman–Crippen MR) is 103 cm³/mol. The number of nitrogens with one attached hydrogen (secondary N) is 1. The molecule has 3 N–H and O–H groups in total. The summed E-state index contributed by atoms with van der Waals surface area (Å²) in [4.78, 5) is 17.0. The van der Waals surface area contributed by atoms with Gasteiger partial charge in [-0.15, -0.1) is 0 Å². The van der Waals surface area contributed by atoms with Crippen LogP contribution in [0.1, 0.15) is 19.4 Å². The van der Waals surface area contributed by atoms with Crippen LogP contribution in [0.15, 0.2) is 65.7 Å². The Hall–Kier alpha value is -2.25. The number of amides is 1. The minimum absolute atomic E-state index is 0.284. The van der Waals surface area contributed by atoms with Crippen LogP contribution in [0.2, 0.25) is 0 Å². The molecule has 0 saturated carbocycles. The molecule has 1 saturated heterocycles. The van der Waals surface area contributed by atoms with Gasteiger partial charge in [0.25, 0.3) is 0 Å². The number of hydrogen-bond donors (Lipinski definition) is 2. The summed E-state index contributed by atoms with van der Waals surface area (Å²) in [5, 5.41) is 3.06. The van der Waals surface area contributed by atoms with Gasteiger partial charge in [0.2, 0.25) is 5.91 Å². The van der Waals surface area contributed by atoms with Crippen LogP contribution in [0, 0.1) is 5.82 Å². The van der Waals surface area contributed by atoms with Crippen LogP contribution in [0.25, 0.3) is 0 Å². The molecule has 1 aromatic carbocycles. The summed E-state index contributed by atoms with van der Waals surface area (Å²) < 4.78 is 24.6. The number of nitrogens with zero attached hydrogens (tertiary/aromatic N) is 1. The quantitative estimate of drug-likeness (QED) is 0.745. The lowest BCUT2D eigenvalue weighted by Crippen LogP contribution is -2.36. The van der Waals surface area contributed by atoms with Crippen molar-refractivity contribution in [3.8, 4) is 0 Å². The summed E-state index contributed by atoms with van der Waals surface area (Å²) in [6.07, 6.45) is 6.08. The highest BCUT2D eigenvalue weighted by Gasteiger charge is 2.45. The molecular weight excluding hydrogens is 356 g/mol. The first-order valence-corrected chi connectivity index (χ1v) is 8.75. The summed E-state index contributed by atoms with van der Waals surface area (Å²) in [5.41, 5.74) is 6.30. The van der Waals surface area contributed by atoms with Crippen LogP contribution in [0.3, 0.4) is 0 Å². The number of carbonyl (C=O) groups excluding carboxylic acids is 1. The molecule has 1 aliphatic heterocycles. The van der Waals surface area contributed by atoms with E-state index < -0.39 is 17.1 Å². The summed E-state index contributed by atoms with van der Waals surface area (Å²) in [5.74, 6) is -0.653. The molecular formula is C19H21F2N3OS. The van der Waals surface area contributed by atoms with Gasteiger partial charge in [0.05, 0.1) is 0 Å². The minimum atomic E-state index is -1.15. The number of hydrogen-bond acceptors (Lipinski definition) is 4. The van der Waals surface area contributed by atoms with Gasteiger partial charge in [-0.05, 0) is 37.1 Å². The average Bonchev–Trinajstić information content (AvgIpc) is 2.86. The zero-order chi connectivity index (χ0) is 19.4. The normalized spacial score (nSPS) is 24.7. The third-order valence-corrected chi connectivity index (χ3v) is 5.17. The van der Waals surface area contributed by atoms with Gasteiger partial charge >= 0.3 is 0 Å². The molecule has 7 heteroatoms. The minimum Gasteiger partial charge on any atom is -0.304 e. The van der Waals surface area contributed by atoms with Gasteiger partial charge in [0, 0.05) is 0 Å². The first-order valence-electron chi connectivity index (χ1n) is 7.94. The molecule has 1 unspecified atom stereocenters. The smallest absolute Gasteiger partial charge is 0.246 e. The zero-order valence-electron chi connectivity index (χ0n) is 14.6. The Morgan fingerprint density at radius 3 is 2.69 bits per heavy atom. The van der Waals surface area contributed by atoms with Crippen LogP contribution < -0.4 is 11.1 Å². The van der Waals surface area contributed by atoms with Crippen molar-refractivity contribution in [3.05, 3.63) is 72.1 Å². The number of carbonyl (C=O) groups is 1. The Morgan fingerprint density at radius 1 is 1.46 bits per heavy atom. The molecule has 1 aliphatic rings. The van der Waals surface area contributed by atoms with Crippen molar-refractivity contribution in [1.29, 1.82) is 0 Å². The zero-order valence-corrected chi connectivity index (χ0v) is 15.4. The maximum absolute atomic E-state index is 13.1. The number of nitrogens with two attached hydrogens (primary N) is 1. The first-order chi connectivity index (χ1) is 12.2. The molecule has 138 valence electrons. The number of allylic oxidation sites excluding steroid dienone is 4. The van der Waals surface area contributed by atoms with E-state index in [0.717, 1.165) is 0 Å². The number of thioether (sulfide) groups is 1. The lowest BCUT2D eigenvalue weighted by atomic mass is 9.98. The maximum atomic E-state index is 13.1. The van der Waals surface area contributed by atoms with Crippen LogP contribution in [-0.4, -0.2) is 22.5 Å². The van der Waals surface area contributed by atoms with Gasteiger partial charge in [-0.1, -0.05) is 54.8 Å². The van der Waals surface area contributed by atoms with Crippen LogP contribution >= 0.6 is 11.8 Å². The van der Waals surface area contributed by atoms with Crippen LogP contribution in [0.4, 0.5) is 8.78 Å². The SMILES string of the molecule is C=C/C=C(\C=C/CF)C1(C)S/C(=N/[C@](C)(N)c2ccc(F)cc2)NC1=O. The molecule has 2 rings (SSSR count). The summed E-state index contributed by atoms with van der Waals surface area (Å²) in [7, 11) is 0. The van der Waals surface area contributed by atoms with E-state index in [4.69, 9.17) is 5.73 Å². The third-order valence-electron chi connectivity index (χ3n) is 3.95. The number of alkyl halides is 1. The fourth-order valence-electron chi connectivity index (χ4n) is 2.46. The van der Waals surface area contributed by atoms with Crippen LogP contribution in [-0.2, 0) is 10.5 Å². The molecule has 2 atom stereocenters. The van der Waals surface area contributed by atoms with Gasteiger partial charge in [0.1, 0.15) is 22.9 Å². The molecule has 26 heavy (non-hydrogen) atoms. The second kappa shape index (κ2) is 7.97. The molecule has 0 bridgehead atoms. The highest BCUT2D eigenvalue weighted by Crippen LogP contribution is 2.39. The van der Waals surface area contributed by atoms with E-state index in [1.165, 1.54) is 36.0 Å². The molecule has 0 spiro atoms. The fourth-order valence-corrected chi connectivity index (χ4v) is 3.62. The van der Waals surface area contributed by atoms with Crippen molar-refractivity contribution < 1.29 is 13.6 Å². The Kier molecular flexibility index (Phi) is 6.15. The number of rotatable bonds is 6. The lowest BCUT2D eigenvalue weighted by molar-refractivity contribution is -0.120. The van der Waals surface area contributed by atoms with Gasteiger partial charge in [0.15, 0.2) is 5.17 Å². The number of aliphatic imine (C=N–C) groups is 1. The number of benzene rings is 1. The molecule has 0 radical (unpaired) electrons. The Labute approximate surface area is 156 Å². The van der Waals surface area contributed by atoms with E-state index in [1.54, 1.807) is 38.1 Å². The van der Waals surface area contributed by atoms with Gasteiger partial charge in [-0.3, -0.25) is 4.79 Å². The van der Waals surface area contributed by atoms with Crippen LogP contribution in [0.5, 0.6) is 0 Å². The van der Waals surface area contributed by atoms with Gasteiger partial charge in [-0.2, -0.15) is 0 Å². The third kappa shape index (κ3) is 4.28. The van der Waals surface area contributed by atoms with Gasteiger partial charge in [-0.25, -0.2) is 13.8 Å². The lowest BCUT2D eigenvalue weighted by Gasteiger charge is -2.22.